The van der Waals surface area contributed by atoms with Crippen LogP contribution < -0.4 is 0 Å². The van der Waals surface area contributed by atoms with Gasteiger partial charge in [-0.05, 0) is 42.0 Å². The molecule has 23 heteroatoms. The van der Waals surface area contributed by atoms with E-state index in [0.717, 1.165) is 24.3 Å². The van der Waals surface area contributed by atoms with Gasteiger partial charge in [-0.15, -0.1) is 0 Å². The van der Waals surface area contributed by atoms with E-state index in [1.54, 1.807) is 0 Å². The predicted molar refractivity (Wildman–Crippen MR) is 209 cm³/mol. The lowest BCUT2D eigenvalue weighted by Gasteiger charge is -2.44. The molecule has 7 rings (SSSR count). The van der Waals surface area contributed by atoms with Crippen LogP contribution in [-0.2, 0) is 38.0 Å². The van der Waals surface area contributed by atoms with Gasteiger partial charge in [0.1, 0.15) is 90.8 Å². The second kappa shape index (κ2) is 19.3. The number of esters is 1. The Balaban J connectivity index is 1.10. The molecule has 0 aliphatic carbocycles. The molecule has 0 radical (unpaired) electrons. The van der Waals surface area contributed by atoms with Crippen LogP contribution in [0.2, 0.25) is 0 Å². The smallest absolute Gasteiger partial charge is 0.330 e. The normalized spacial score (nSPS) is 33.9. The molecular weight excluding hydrogens is 860 g/mol. The van der Waals surface area contributed by atoms with Crippen molar-refractivity contribution in [1.82, 2.24) is 0 Å². The summed E-state index contributed by atoms with van der Waals surface area (Å²) in [4.78, 5) is 12.4. The predicted octanol–water partition coefficient (Wildman–Crippen LogP) is -2.37. The summed E-state index contributed by atoms with van der Waals surface area (Å²) in [6.07, 6.45) is -22.0. The zero-order valence-electron chi connectivity index (χ0n) is 33.1. The third kappa shape index (κ3) is 9.91. The molecule has 0 bridgehead atoms. The summed E-state index contributed by atoms with van der Waals surface area (Å²) in [6.45, 7) is -2.04. The average molecular weight is 908 g/mol. The standard InChI is InChI=1S/C41H46O23/c42-17-9-21(45)18-11-25(37(60-24(18)10-17)16-3-5-20(44)23(47)8-16)62-41-38(58-13-26-32(51)35(54)39(56)61-26)34(53)31(50)28(64-41)14-59-40-36(55)33(52)30(49)27(63-40)12-57-29(48)6-2-15-1-4-19(43)22(46)7-15/h1-11,26-28,30-47,49-56H,12-14H2/p+1/b6-2+/t26?,27-,28-,30-,31+,32+,33+,34+,35-,36-,37?,38-,39-,40-,41-/m1/s1. The van der Waals surface area contributed by atoms with E-state index in [1.807, 2.05) is 0 Å². The van der Waals surface area contributed by atoms with E-state index in [-0.39, 0.29) is 34.1 Å². The van der Waals surface area contributed by atoms with Gasteiger partial charge >= 0.3 is 5.97 Å². The summed E-state index contributed by atoms with van der Waals surface area (Å²) in [6, 6.07) is 9.73. The molecule has 0 spiro atoms. The van der Waals surface area contributed by atoms with Crippen molar-refractivity contribution in [3.8, 4) is 40.2 Å². The largest absolute Gasteiger partial charge is 0.571 e. The van der Waals surface area contributed by atoms with Crippen molar-refractivity contribution in [2.45, 2.75) is 92.1 Å². The number of rotatable bonds is 13. The van der Waals surface area contributed by atoms with Crippen LogP contribution >= 0.6 is 0 Å². The van der Waals surface area contributed by atoms with E-state index < -0.39 is 141 Å². The zero-order chi connectivity index (χ0) is 46.1. The monoisotopic (exact) mass is 907 g/mol. The van der Waals surface area contributed by atoms with Gasteiger partial charge in [0.2, 0.25) is 6.29 Å². The highest BCUT2D eigenvalue weighted by molar-refractivity contribution is 5.87. The van der Waals surface area contributed by atoms with Gasteiger partial charge in [-0.3, -0.25) is 0 Å². The van der Waals surface area contributed by atoms with Crippen molar-refractivity contribution in [2.75, 3.05) is 19.8 Å². The highest BCUT2D eigenvalue weighted by atomic mass is 16.7. The van der Waals surface area contributed by atoms with Gasteiger partial charge in [-0.1, -0.05) is 6.07 Å². The van der Waals surface area contributed by atoms with Gasteiger partial charge in [-0.2, -0.15) is 0 Å². The Morgan fingerprint density at radius 1 is 0.609 bits per heavy atom. The molecular formula is C41H47O23+. The van der Waals surface area contributed by atoms with Crippen LogP contribution in [0.3, 0.4) is 0 Å². The van der Waals surface area contributed by atoms with Crippen LogP contribution in [0.25, 0.3) is 12.2 Å². The Morgan fingerprint density at radius 2 is 1.23 bits per heavy atom. The molecule has 15 atom stereocenters. The van der Waals surface area contributed by atoms with Gasteiger partial charge in [-0.25, -0.2) is 4.79 Å². The van der Waals surface area contributed by atoms with Crippen LogP contribution in [-0.4, -0.2) is 188 Å². The van der Waals surface area contributed by atoms with Crippen molar-refractivity contribution in [3.63, 3.8) is 0 Å². The molecule has 0 aromatic heterocycles. The van der Waals surface area contributed by atoms with Gasteiger partial charge in [0.15, 0.2) is 41.3 Å². The number of carbonyl (C=O) groups excluding carboxylic acids is 1. The minimum Gasteiger partial charge on any atom is -0.571 e. The molecule has 3 saturated heterocycles. The molecule has 0 saturated carbocycles. The summed E-state index contributed by atoms with van der Waals surface area (Å²) in [5.41, 5.74) is 0.572. The third-order valence-corrected chi connectivity index (χ3v) is 10.8. The molecule has 2 unspecified atom stereocenters. The molecule has 3 aromatic rings. The van der Waals surface area contributed by atoms with Crippen LogP contribution in [0.5, 0.6) is 40.2 Å². The zero-order valence-corrected chi connectivity index (χ0v) is 33.1. The quantitative estimate of drug-likeness (QED) is 0.0369. The van der Waals surface area contributed by atoms with E-state index in [4.69, 9.17) is 33.2 Å². The number of aromatic hydroxyl groups is 7. The number of hydrogen-bond acceptors (Lipinski definition) is 22. The topological polar surface area (TPSA) is 378 Å². The minimum absolute atomic E-state index is 0.0457. The summed E-state index contributed by atoms with van der Waals surface area (Å²) in [5, 5.41) is 146. The lowest BCUT2D eigenvalue weighted by molar-refractivity contribution is -0.333. The fourth-order valence-electron chi connectivity index (χ4n) is 7.26. The van der Waals surface area contributed by atoms with Crippen molar-refractivity contribution < 1.29 is 114 Å². The molecule has 3 fully saturated rings. The first-order chi connectivity index (χ1) is 30.4. The molecule has 15 N–H and O–H groups in total. The van der Waals surface area contributed by atoms with Gasteiger partial charge < -0.3 is 109 Å². The lowest BCUT2D eigenvalue weighted by Crippen LogP contribution is -2.62. The Hall–Kier alpha value is -5.51. The molecule has 4 aliphatic rings. The van der Waals surface area contributed by atoms with E-state index in [0.29, 0.717) is 5.56 Å². The number of benzene rings is 3. The summed E-state index contributed by atoms with van der Waals surface area (Å²) >= 11 is 0. The molecule has 3 aromatic carbocycles. The fourth-order valence-corrected chi connectivity index (χ4v) is 7.26. The first-order valence-corrected chi connectivity index (χ1v) is 19.6. The first-order valence-electron chi connectivity index (χ1n) is 19.6. The highest BCUT2D eigenvalue weighted by Crippen LogP contribution is 2.46. The van der Waals surface area contributed by atoms with Crippen molar-refractivity contribution in [3.05, 3.63) is 77.1 Å². The Morgan fingerprint density at radius 3 is 1.92 bits per heavy atom. The number of aliphatic hydroxyl groups is 9. The van der Waals surface area contributed by atoms with Crippen molar-refractivity contribution >= 4 is 18.1 Å². The fraction of sp³-hybridized carbons (Fsp3) is 0.439. The first kappa shape index (κ1) is 46.5. The maximum atomic E-state index is 12.4. The van der Waals surface area contributed by atoms with Crippen molar-refractivity contribution in [1.29, 1.82) is 0 Å². The number of hydrogen-bond donors (Lipinski definition) is 14. The van der Waals surface area contributed by atoms with E-state index in [1.165, 1.54) is 42.5 Å². The number of phenols is 6. The van der Waals surface area contributed by atoms with Gasteiger partial charge in [0, 0.05) is 18.2 Å². The number of ether oxygens (including phenoxy) is 8. The summed E-state index contributed by atoms with van der Waals surface area (Å²) in [5.74, 6) is -3.63. The van der Waals surface area contributed by atoms with Crippen LogP contribution in [0.15, 0.2) is 60.4 Å². The highest BCUT2D eigenvalue weighted by Gasteiger charge is 2.51. The number of fused-ring (bicyclic) bond motifs is 1. The van der Waals surface area contributed by atoms with E-state index in [9.17, 15) is 76.3 Å². The SMILES string of the molecule is O=C(/C=C/c1ccc(O)c(O)c1)OC[C@H]1O[C@@H](OC[C@H]2O[C@@H](OC3=Cc4c(O)cc(O)cc4[OH+]C3c3ccc(O)c(O)c3)[C@H](OCC3O[C@@H](O)[C@H](O)[C@H]3O)[C@@H](O)[C@H]2O)[C@H](O)[C@@H](O)[C@@H]1O. The van der Waals surface area contributed by atoms with Crippen LogP contribution in [0.1, 0.15) is 22.8 Å². The maximum absolute atomic E-state index is 12.4. The number of phenolic OH excluding ortho intramolecular Hbond substituents is 6. The van der Waals surface area contributed by atoms with E-state index >= 15 is 0 Å². The third-order valence-electron chi connectivity index (χ3n) is 10.8. The average Bonchev–Trinajstić information content (AvgIpc) is 3.50. The Bertz CT molecular complexity index is 2200. The Kier molecular flexibility index (Phi) is 14.0. The van der Waals surface area contributed by atoms with E-state index in [2.05, 4.69) is 4.74 Å². The van der Waals surface area contributed by atoms with Crippen LogP contribution in [0, 0.1) is 0 Å². The molecule has 348 valence electrons. The molecule has 64 heavy (non-hydrogen) atoms. The number of carbonyl (C=O) groups is 1. The number of aliphatic hydroxyl groups excluding tert-OH is 8. The molecule has 4 heterocycles. The minimum atomic E-state index is -1.94. The molecule has 4 aliphatic heterocycles. The summed E-state index contributed by atoms with van der Waals surface area (Å²) in [7, 11) is 0. The van der Waals surface area contributed by atoms with Crippen LogP contribution in [0.4, 0.5) is 0 Å². The van der Waals surface area contributed by atoms with Gasteiger partial charge in [0.05, 0.1) is 24.8 Å². The maximum Gasteiger partial charge on any atom is 0.330 e. The second-order valence-electron chi connectivity index (χ2n) is 15.3. The Labute approximate surface area is 361 Å². The molecule has 0 amide bonds. The second-order valence-corrected chi connectivity index (χ2v) is 15.3. The summed E-state index contributed by atoms with van der Waals surface area (Å²) < 4.78 is 44.4. The van der Waals surface area contributed by atoms with Gasteiger partial charge in [0.25, 0.3) is 11.9 Å². The van der Waals surface area contributed by atoms with Crippen molar-refractivity contribution in [2.24, 2.45) is 0 Å². The lowest BCUT2D eigenvalue weighted by atomic mass is 9.97. The molecule has 23 nitrogen and oxygen atoms in total.